The molecule has 7 nitrogen and oxygen atoms in total. The number of likely N-dealkylation sites (tertiary alicyclic amines) is 1. The summed E-state index contributed by atoms with van der Waals surface area (Å²) >= 11 is 0. The highest BCUT2D eigenvalue weighted by Gasteiger charge is 2.46. The lowest BCUT2D eigenvalue weighted by atomic mass is 10.2. The Morgan fingerprint density at radius 1 is 1.29 bits per heavy atom. The summed E-state index contributed by atoms with van der Waals surface area (Å²) in [5.41, 5.74) is -0.710. The molecule has 0 aromatic carbocycles. The van der Waals surface area contributed by atoms with E-state index in [1.165, 1.54) is 0 Å². The van der Waals surface area contributed by atoms with Crippen LogP contribution >= 0.6 is 9.24 Å². The van der Waals surface area contributed by atoms with E-state index in [0.29, 0.717) is 0 Å². The topological polar surface area (TPSA) is 95.9 Å². The Kier molecular flexibility index (Phi) is 15.3. The first-order valence-electron chi connectivity index (χ1n) is 9.11. The zero-order valence-corrected chi connectivity index (χ0v) is 18.9. The largest absolute Gasteiger partial charge is 0.480 e. The normalized spacial score (nSPS) is 20.7. The molecule has 3 atom stereocenters. The van der Waals surface area contributed by atoms with Crippen LogP contribution in [0.25, 0.3) is 0 Å². The number of ether oxygens (including phenoxy) is 1. The number of carboxylic acids is 1. The number of halogens is 1. The summed E-state index contributed by atoms with van der Waals surface area (Å²) in [5.74, 6) is -1.11. The van der Waals surface area contributed by atoms with E-state index in [4.69, 9.17) is 9.84 Å². The SMILES string of the molecule is C.CC.CC(C)(C)OC(=O)NCC(=O)N1CC(F)(P)CC1C(=O)O.CC(C)C. The summed E-state index contributed by atoms with van der Waals surface area (Å²) in [6.45, 7) is 14.7. The first kappa shape index (κ1) is 31.3. The number of carbonyl (C=O) groups excluding carboxylic acids is 2. The molecule has 3 unspecified atom stereocenters. The van der Waals surface area contributed by atoms with Gasteiger partial charge >= 0.3 is 12.1 Å². The van der Waals surface area contributed by atoms with Gasteiger partial charge in [-0.1, -0.05) is 51.3 Å². The number of nitrogens with zero attached hydrogens (tertiary/aromatic N) is 1. The van der Waals surface area contributed by atoms with Crippen molar-refractivity contribution in [2.45, 2.75) is 86.3 Å². The summed E-state index contributed by atoms with van der Waals surface area (Å²) in [7, 11) is 1.91. The number of carbonyl (C=O) groups is 3. The van der Waals surface area contributed by atoms with Crippen molar-refractivity contribution in [1.82, 2.24) is 10.2 Å². The summed E-state index contributed by atoms with van der Waals surface area (Å²) in [6.07, 6.45) is -1.09. The van der Waals surface area contributed by atoms with E-state index >= 15 is 0 Å². The molecule has 1 fully saturated rings. The molecule has 1 aliphatic rings. The van der Waals surface area contributed by atoms with Crippen LogP contribution in [-0.4, -0.2) is 58.1 Å². The number of alkyl carbamates (subject to hydrolysis) is 1. The first-order chi connectivity index (χ1) is 12.1. The number of nitrogens with one attached hydrogen (secondary N) is 1. The summed E-state index contributed by atoms with van der Waals surface area (Å²) in [5, 5.41) is 9.41. The van der Waals surface area contributed by atoms with Crippen molar-refractivity contribution in [2.24, 2.45) is 5.92 Å². The molecule has 168 valence electrons. The third-order valence-electron chi connectivity index (χ3n) is 2.73. The fourth-order valence-corrected chi connectivity index (χ4v) is 2.36. The van der Waals surface area contributed by atoms with Gasteiger partial charge in [-0.15, -0.1) is 0 Å². The van der Waals surface area contributed by atoms with Crippen LogP contribution in [0.15, 0.2) is 0 Å². The highest BCUT2D eigenvalue weighted by Crippen LogP contribution is 2.36. The van der Waals surface area contributed by atoms with E-state index in [2.05, 4.69) is 26.1 Å². The van der Waals surface area contributed by atoms with Gasteiger partial charge in [0, 0.05) is 6.42 Å². The second kappa shape index (κ2) is 13.7. The standard InChI is InChI=1S/C12H20FN2O5P.C4H10.C2H6.CH4/c1-11(2,3)20-10(19)14-5-8(16)15-6-12(13,21)4-7(15)9(17)18;1-4(2)3;1-2;/h7H,4-6,21H2,1-3H3,(H,14,19)(H,17,18);4H,1-3H3;1-2H3;1H4. The van der Waals surface area contributed by atoms with Gasteiger partial charge in [-0.2, -0.15) is 0 Å². The minimum absolute atomic E-state index is 0. The van der Waals surface area contributed by atoms with Crippen molar-refractivity contribution in [1.29, 1.82) is 0 Å². The molecule has 0 saturated carbocycles. The zero-order chi connectivity index (χ0) is 22.0. The van der Waals surface area contributed by atoms with Crippen LogP contribution < -0.4 is 5.32 Å². The second-order valence-corrected chi connectivity index (χ2v) is 8.74. The van der Waals surface area contributed by atoms with E-state index in [1.807, 2.05) is 23.1 Å². The quantitative estimate of drug-likeness (QED) is 0.664. The molecule has 0 spiro atoms. The van der Waals surface area contributed by atoms with Crippen LogP contribution in [0.2, 0.25) is 0 Å². The van der Waals surface area contributed by atoms with Gasteiger partial charge in [0.2, 0.25) is 5.91 Å². The monoisotopic (exact) mass is 426 g/mol. The Bertz CT molecular complexity index is 490. The summed E-state index contributed by atoms with van der Waals surface area (Å²) in [4.78, 5) is 35.3. The van der Waals surface area contributed by atoms with Crippen LogP contribution in [0.4, 0.5) is 9.18 Å². The predicted octanol–water partition coefficient (Wildman–Crippen LogP) is 4.06. The number of amides is 2. The average Bonchev–Trinajstić information content (AvgIpc) is 2.81. The number of hydrogen-bond donors (Lipinski definition) is 2. The van der Waals surface area contributed by atoms with Crippen molar-refractivity contribution in [3.8, 4) is 0 Å². The minimum atomic E-state index is -1.83. The molecule has 2 amide bonds. The van der Waals surface area contributed by atoms with Gasteiger partial charge in [0.15, 0.2) is 0 Å². The second-order valence-electron chi connectivity index (χ2n) is 7.70. The van der Waals surface area contributed by atoms with Crippen LogP contribution in [0, 0.1) is 5.92 Å². The van der Waals surface area contributed by atoms with Gasteiger partial charge in [0.25, 0.3) is 0 Å². The van der Waals surface area contributed by atoms with Gasteiger partial charge in [-0.3, -0.25) is 4.79 Å². The van der Waals surface area contributed by atoms with Gasteiger partial charge in [-0.25, -0.2) is 14.0 Å². The fourth-order valence-electron chi connectivity index (χ4n) is 1.94. The van der Waals surface area contributed by atoms with Crippen molar-refractivity contribution in [2.75, 3.05) is 13.1 Å². The summed E-state index contributed by atoms with van der Waals surface area (Å²) in [6, 6.07) is -1.24. The molecular formula is C19H40FN2O5P. The average molecular weight is 427 g/mol. The molecule has 2 N–H and O–H groups in total. The third-order valence-corrected chi connectivity index (χ3v) is 3.15. The molecule has 28 heavy (non-hydrogen) atoms. The van der Waals surface area contributed by atoms with E-state index in [0.717, 1.165) is 10.8 Å². The molecule has 9 heteroatoms. The molecule has 1 saturated heterocycles. The number of hydrogen-bond acceptors (Lipinski definition) is 4. The van der Waals surface area contributed by atoms with E-state index in [-0.39, 0.29) is 20.4 Å². The Morgan fingerprint density at radius 2 is 1.71 bits per heavy atom. The van der Waals surface area contributed by atoms with Gasteiger partial charge in [0.1, 0.15) is 23.6 Å². The minimum Gasteiger partial charge on any atom is -0.480 e. The molecule has 0 radical (unpaired) electrons. The van der Waals surface area contributed by atoms with Crippen LogP contribution in [0.3, 0.4) is 0 Å². The summed E-state index contributed by atoms with van der Waals surface area (Å²) < 4.78 is 18.8. The number of alkyl halides is 1. The Balaban J connectivity index is -0.000000791. The van der Waals surface area contributed by atoms with Crippen LogP contribution in [0.1, 0.15) is 69.2 Å². The highest BCUT2D eigenvalue weighted by molar-refractivity contribution is 7.18. The lowest BCUT2D eigenvalue weighted by Crippen LogP contribution is -2.46. The maximum Gasteiger partial charge on any atom is 0.408 e. The maximum absolute atomic E-state index is 13.8. The van der Waals surface area contributed by atoms with Crippen molar-refractivity contribution in [3.05, 3.63) is 0 Å². The lowest BCUT2D eigenvalue weighted by molar-refractivity contribution is -0.147. The van der Waals surface area contributed by atoms with Gasteiger partial charge in [-0.05, 0) is 26.7 Å². The molecule has 0 aromatic rings. The van der Waals surface area contributed by atoms with E-state index < -0.39 is 41.6 Å². The predicted molar refractivity (Wildman–Crippen MR) is 114 cm³/mol. The Labute approximate surface area is 172 Å². The Morgan fingerprint density at radius 3 is 2.07 bits per heavy atom. The Hall–Kier alpha value is -1.43. The third kappa shape index (κ3) is 14.6. The molecule has 1 aliphatic heterocycles. The zero-order valence-electron chi connectivity index (χ0n) is 17.8. The molecule has 1 rings (SSSR count). The molecule has 0 bridgehead atoms. The van der Waals surface area contributed by atoms with Crippen molar-refractivity contribution < 1.29 is 28.6 Å². The fraction of sp³-hybridized carbons (Fsp3) is 0.842. The number of rotatable bonds is 3. The molecule has 1 heterocycles. The van der Waals surface area contributed by atoms with Gasteiger partial charge in [0.05, 0.1) is 6.54 Å². The highest BCUT2D eigenvalue weighted by atomic mass is 31.0. The van der Waals surface area contributed by atoms with Gasteiger partial charge < -0.3 is 20.1 Å². The van der Waals surface area contributed by atoms with Crippen LogP contribution in [0.5, 0.6) is 0 Å². The van der Waals surface area contributed by atoms with E-state index in [1.54, 1.807) is 20.8 Å². The number of aliphatic carboxylic acids is 1. The first-order valence-corrected chi connectivity index (χ1v) is 9.69. The van der Waals surface area contributed by atoms with Crippen LogP contribution in [-0.2, 0) is 14.3 Å². The molecular weight excluding hydrogens is 386 g/mol. The van der Waals surface area contributed by atoms with Crippen molar-refractivity contribution >= 4 is 27.2 Å². The molecule has 0 aromatic heterocycles. The lowest BCUT2D eigenvalue weighted by Gasteiger charge is -2.23. The maximum atomic E-state index is 13.8. The van der Waals surface area contributed by atoms with E-state index in [9.17, 15) is 18.8 Å². The smallest absolute Gasteiger partial charge is 0.408 e. The van der Waals surface area contributed by atoms with Crippen molar-refractivity contribution in [3.63, 3.8) is 0 Å². The molecule has 0 aliphatic carbocycles. The number of carboxylic acid groups (broad SMARTS) is 1.